The zero-order valence-electron chi connectivity index (χ0n) is 10.2. The topological polar surface area (TPSA) is 78.2 Å². The molecule has 0 aliphatic rings. The maximum atomic E-state index is 8.91. The number of nitriles is 1. The van der Waals surface area contributed by atoms with E-state index >= 15 is 0 Å². The van der Waals surface area contributed by atoms with Gasteiger partial charge in [-0.15, -0.1) is 0 Å². The van der Waals surface area contributed by atoms with Crippen LogP contribution in [-0.4, -0.2) is 36.5 Å². The average molecular weight is 235 g/mol. The molecule has 1 aromatic rings. The Morgan fingerprint density at radius 2 is 2.24 bits per heavy atom. The molecule has 17 heavy (non-hydrogen) atoms. The van der Waals surface area contributed by atoms with E-state index in [-0.39, 0.29) is 6.61 Å². The summed E-state index contributed by atoms with van der Waals surface area (Å²) >= 11 is 0. The van der Waals surface area contributed by atoms with Crippen molar-refractivity contribution in [2.45, 2.75) is 13.8 Å². The Bertz CT molecular complexity index is 390. The van der Waals surface area contributed by atoms with Crippen LogP contribution < -0.4 is 5.32 Å². The molecule has 1 rings (SSSR count). The van der Waals surface area contributed by atoms with Crippen LogP contribution >= 0.6 is 0 Å². The molecule has 5 nitrogen and oxygen atoms in total. The summed E-state index contributed by atoms with van der Waals surface area (Å²) in [5, 5.41) is 20.5. The second-order valence-electron chi connectivity index (χ2n) is 3.66. The van der Waals surface area contributed by atoms with Crippen molar-refractivity contribution in [2.24, 2.45) is 0 Å². The van der Waals surface area contributed by atoms with Crippen molar-refractivity contribution in [1.29, 1.82) is 5.26 Å². The summed E-state index contributed by atoms with van der Waals surface area (Å²) in [6.45, 7) is 5.23. The molecule has 0 aromatic carbocycles. The molecule has 2 N–H and O–H groups in total. The molecule has 0 saturated carbocycles. The molecule has 0 unspecified atom stereocenters. The van der Waals surface area contributed by atoms with Crippen LogP contribution in [0.2, 0.25) is 0 Å². The fourth-order valence-electron chi connectivity index (χ4n) is 1.51. The summed E-state index contributed by atoms with van der Waals surface area (Å²) < 4.78 is 5.12. The largest absolute Gasteiger partial charge is 0.394 e. The lowest BCUT2D eigenvalue weighted by Gasteiger charge is -2.09. The van der Waals surface area contributed by atoms with E-state index in [1.807, 2.05) is 19.9 Å². The third kappa shape index (κ3) is 4.02. The van der Waals surface area contributed by atoms with Crippen LogP contribution in [0.25, 0.3) is 0 Å². The van der Waals surface area contributed by atoms with Crippen molar-refractivity contribution in [3.05, 3.63) is 22.9 Å². The molecule has 0 radical (unpaired) electrons. The normalized spacial score (nSPS) is 10.0. The van der Waals surface area contributed by atoms with Crippen LogP contribution in [0.5, 0.6) is 0 Å². The van der Waals surface area contributed by atoms with Gasteiger partial charge in [-0.05, 0) is 25.5 Å². The van der Waals surface area contributed by atoms with Crippen LogP contribution in [0.15, 0.2) is 6.07 Å². The van der Waals surface area contributed by atoms with E-state index in [1.54, 1.807) is 0 Å². The van der Waals surface area contributed by atoms with E-state index in [2.05, 4.69) is 16.4 Å². The summed E-state index contributed by atoms with van der Waals surface area (Å²) in [4.78, 5) is 4.28. The Hall–Kier alpha value is -1.64. The van der Waals surface area contributed by atoms with Crippen molar-refractivity contribution >= 4 is 5.82 Å². The molecule has 0 amide bonds. The lowest BCUT2D eigenvalue weighted by Crippen LogP contribution is -2.12. The van der Waals surface area contributed by atoms with Gasteiger partial charge in [-0.1, -0.05) is 0 Å². The van der Waals surface area contributed by atoms with Gasteiger partial charge in [-0.2, -0.15) is 5.26 Å². The van der Waals surface area contributed by atoms with Crippen LogP contribution in [0.3, 0.4) is 0 Å². The minimum Gasteiger partial charge on any atom is -0.394 e. The predicted octanol–water partition coefficient (Wildman–Crippen LogP) is 0.991. The lowest BCUT2D eigenvalue weighted by molar-refractivity contribution is 0.0992. The third-order valence-corrected chi connectivity index (χ3v) is 2.30. The molecule has 0 saturated heterocycles. The van der Waals surface area contributed by atoms with Gasteiger partial charge in [0.2, 0.25) is 0 Å². The summed E-state index contributed by atoms with van der Waals surface area (Å²) in [7, 11) is 0. The van der Waals surface area contributed by atoms with Gasteiger partial charge in [0.15, 0.2) is 0 Å². The number of rotatable bonds is 6. The van der Waals surface area contributed by atoms with Crippen LogP contribution in [-0.2, 0) is 4.74 Å². The maximum absolute atomic E-state index is 8.91. The summed E-state index contributed by atoms with van der Waals surface area (Å²) in [6, 6.07) is 3.98. The summed E-state index contributed by atoms with van der Waals surface area (Å²) in [5.74, 6) is 0.742. The van der Waals surface area contributed by atoms with Gasteiger partial charge in [0, 0.05) is 6.54 Å². The second kappa shape index (κ2) is 6.84. The number of aliphatic hydroxyl groups excluding tert-OH is 1. The fraction of sp³-hybridized carbons (Fsp3) is 0.500. The van der Waals surface area contributed by atoms with Gasteiger partial charge in [-0.3, -0.25) is 0 Å². The van der Waals surface area contributed by atoms with Gasteiger partial charge >= 0.3 is 0 Å². The van der Waals surface area contributed by atoms with E-state index in [0.717, 1.165) is 17.1 Å². The van der Waals surface area contributed by atoms with Crippen molar-refractivity contribution in [1.82, 2.24) is 4.98 Å². The van der Waals surface area contributed by atoms with Gasteiger partial charge in [-0.25, -0.2) is 4.98 Å². The Morgan fingerprint density at radius 1 is 1.47 bits per heavy atom. The molecule has 5 heteroatoms. The second-order valence-corrected chi connectivity index (χ2v) is 3.66. The van der Waals surface area contributed by atoms with Crippen molar-refractivity contribution in [3.8, 4) is 6.07 Å². The highest BCUT2D eigenvalue weighted by atomic mass is 16.5. The van der Waals surface area contributed by atoms with Crippen LogP contribution in [0.4, 0.5) is 5.82 Å². The minimum absolute atomic E-state index is 0.0351. The molecular formula is C12H17N3O2. The highest BCUT2D eigenvalue weighted by Crippen LogP contribution is 2.14. The number of aliphatic hydroxyl groups is 1. The van der Waals surface area contributed by atoms with Crippen molar-refractivity contribution in [3.63, 3.8) is 0 Å². The van der Waals surface area contributed by atoms with E-state index < -0.39 is 0 Å². The number of hydrogen-bond donors (Lipinski definition) is 2. The van der Waals surface area contributed by atoms with E-state index in [4.69, 9.17) is 15.1 Å². The number of nitrogens with one attached hydrogen (secondary N) is 1. The smallest absolute Gasteiger partial charge is 0.126 e. The third-order valence-electron chi connectivity index (χ3n) is 2.30. The number of pyridine rings is 1. The van der Waals surface area contributed by atoms with Gasteiger partial charge < -0.3 is 15.2 Å². The number of hydrogen-bond acceptors (Lipinski definition) is 5. The monoisotopic (exact) mass is 235 g/mol. The zero-order chi connectivity index (χ0) is 12.7. The van der Waals surface area contributed by atoms with Crippen molar-refractivity contribution < 1.29 is 9.84 Å². The standard InChI is InChI=1S/C12H17N3O2/c1-9-7-12(14-3-5-17-6-4-16)15-10(2)11(9)8-13/h7,16H,3-6H2,1-2H3,(H,14,15). The zero-order valence-corrected chi connectivity index (χ0v) is 10.2. The number of aromatic nitrogens is 1. The van der Waals surface area contributed by atoms with Gasteiger partial charge in [0.25, 0.3) is 0 Å². The van der Waals surface area contributed by atoms with Gasteiger partial charge in [0.05, 0.1) is 31.1 Å². The molecule has 1 aromatic heterocycles. The highest BCUT2D eigenvalue weighted by molar-refractivity contribution is 5.48. The molecule has 1 heterocycles. The van der Waals surface area contributed by atoms with Crippen LogP contribution in [0.1, 0.15) is 16.8 Å². The Morgan fingerprint density at radius 3 is 2.82 bits per heavy atom. The number of ether oxygens (including phenoxy) is 1. The molecule has 0 bridgehead atoms. The highest BCUT2D eigenvalue weighted by Gasteiger charge is 2.05. The van der Waals surface area contributed by atoms with E-state index in [1.165, 1.54) is 0 Å². The Labute approximate surface area is 101 Å². The average Bonchev–Trinajstić information content (AvgIpc) is 2.28. The molecule has 0 aliphatic carbocycles. The molecule has 0 aliphatic heterocycles. The minimum atomic E-state index is 0.0351. The van der Waals surface area contributed by atoms with E-state index in [0.29, 0.717) is 25.3 Å². The van der Waals surface area contributed by atoms with Crippen LogP contribution in [0, 0.1) is 25.2 Å². The number of aryl methyl sites for hydroxylation is 2. The first-order valence-corrected chi connectivity index (χ1v) is 5.50. The molecule has 92 valence electrons. The Kier molecular flexibility index (Phi) is 5.40. The van der Waals surface area contributed by atoms with Gasteiger partial charge in [0.1, 0.15) is 11.9 Å². The first-order valence-electron chi connectivity index (χ1n) is 5.50. The molecule has 0 fully saturated rings. The number of nitrogens with zero attached hydrogens (tertiary/aromatic N) is 2. The SMILES string of the molecule is Cc1cc(NCCOCCO)nc(C)c1C#N. The quantitative estimate of drug-likeness (QED) is 0.719. The molecular weight excluding hydrogens is 218 g/mol. The fourth-order valence-corrected chi connectivity index (χ4v) is 1.51. The van der Waals surface area contributed by atoms with E-state index in [9.17, 15) is 0 Å². The first kappa shape index (κ1) is 13.4. The summed E-state index contributed by atoms with van der Waals surface area (Å²) in [6.07, 6.45) is 0. The first-order chi connectivity index (χ1) is 8.19. The van der Waals surface area contributed by atoms with Crippen molar-refractivity contribution in [2.75, 3.05) is 31.7 Å². The lowest BCUT2D eigenvalue weighted by atomic mass is 10.1. The molecule has 0 spiro atoms. The summed E-state index contributed by atoms with van der Waals surface area (Å²) in [5.41, 5.74) is 2.28. The maximum Gasteiger partial charge on any atom is 0.126 e. The molecule has 0 atom stereocenters. The number of anilines is 1. The Balaban J connectivity index is 2.53. The predicted molar refractivity (Wildman–Crippen MR) is 64.8 cm³/mol.